The van der Waals surface area contributed by atoms with Crippen LogP contribution in [0.2, 0.25) is 0 Å². The predicted molar refractivity (Wildman–Crippen MR) is 76.3 cm³/mol. The molecule has 2 aromatic rings. The van der Waals surface area contributed by atoms with Gasteiger partial charge in [0.25, 0.3) is 0 Å². The molecule has 1 atom stereocenters. The maximum atomic E-state index is 11.5. The van der Waals surface area contributed by atoms with Crippen LogP contribution in [0, 0.1) is 5.92 Å². The Morgan fingerprint density at radius 3 is 2.47 bits per heavy atom. The van der Waals surface area contributed by atoms with Gasteiger partial charge in [-0.05, 0) is 30.2 Å². The van der Waals surface area contributed by atoms with Crippen LogP contribution in [0.25, 0.3) is 0 Å². The fourth-order valence-corrected chi connectivity index (χ4v) is 2.64. The van der Waals surface area contributed by atoms with Crippen molar-refractivity contribution in [3.63, 3.8) is 0 Å². The van der Waals surface area contributed by atoms with E-state index in [1.54, 1.807) is 0 Å². The molecule has 3 rings (SSSR count). The van der Waals surface area contributed by atoms with E-state index in [0.717, 1.165) is 12.1 Å². The second kappa shape index (κ2) is 4.76. The van der Waals surface area contributed by atoms with Crippen molar-refractivity contribution in [2.75, 3.05) is 11.4 Å². The van der Waals surface area contributed by atoms with Gasteiger partial charge < -0.3 is 10.6 Å². The lowest BCUT2D eigenvalue weighted by molar-refractivity contribution is -0.121. The van der Waals surface area contributed by atoms with Crippen molar-refractivity contribution < 1.29 is 4.79 Å². The van der Waals surface area contributed by atoms with Crippen molar-refractivity contribution in [3.05, 3.63) is 60.2 Å². The lowest BCUT2D eigenvalue weighted by Gasteiger charge is -2.35. The number of fused-ring (bicyclic) bond motifs is 1. The Kier molecular flexibility index (Phi) is 2.95. The van der Waals surface area contributed by atoms with Crippen LogP contribution in [0.5, 0.6) is 0 Å². The van der Waals surface area contributed by atoms with Crippen LogP contribution in [-0.2, 0) is 11.2 Å². The van der Waals surface area contributed by atoms with E-state index in [9.17, 15) is 4.79 Å². The molecule has 1 aliphatic rings. The molecule has 0 aliphatic carbocycles. The van der Waals surface area contributed by atoms with Crippen molar-refractivity contribution in [1.82, 2.24) is 0 Å². The third-order valence-electron chi connectivity index (χ3n) is 3.62. The number of hydrogen-bond acceptors (Lipinski definition) is 2. The Hall–Kier alpha value is -2.29. The molecule has 0 aromatic heterocycles. The maximum absolute atomic E-state index is 11.5. The fourth-order valence-electron chi connectivity index (χ4n) is 2.64. The molecule has 3 nitrogen and oxygen atoms in total. The number of carbonyl (C=O) groups excluding carboxylic acids is 1. The largest absolute Gasteiger partial charge is 0.369 e. The van der Waals surface area contributed by atoms with Crippen molar-refractivity contribution >= 4 is 17.3 Å². The van der Waals surface area contributed by atoms with Gasteiger partial charge in [-0.25, -0.2) is 0 Å². The molecule has 1 heterocycles. The molecule has 1 unspecified atom stereocenters. The molecule has 0 saturated heterocycles. The first-order chi connectivity index (χ1) is 9.25. The highest BCUT2D eigenvalue weighted by Gasteiger charge is 2.28. The lowest BCUT2D eigenvalue weighted by Crippen LogP contribution is -2.39. The highest BCUT2D eigenvalue weighted by Crippen LogP contribution is 2.34. The van der Waals surface area contributed by atoms with E-state index in [0.29, 0.717) is 6.54 Å². The number of nitrogens with zero attached hydrogens (tertiary/aromatic N) is 1. The summed E-state index contributed by atoms with van der Waals surface area (Å²) < 4.78 is 0. The Balaban J connectivity index is 2.06. The average Bonchev–Trinajstić information content (AvgIpc) is 2.47. The van der Waals surface area contributed by atoms with Gasteiger partial charge in [0.2, 0.25) is 5.91 Å². The highest BCUT2D eigenvalue weighted by molar-refractivity contribution is 5.81. The molecule has 0 saturated carbocycles. The molecule has 0 bridgehead atoms. The number of hydrogen-bond donors (Lipinski definition) is 1. The van der Waals surface area contributed by atoms with Gasteiger partial charge in [-0.3, -0.25) is 4.79 Å². The summed E-state index contributed by atoms with van der Waals surface area (Å²) in [6, 6.07) is 18.3. The van der Waals surface area contributed by atoms with Gasteiger partial charge in [-0.15, -0.1) is 0 Å². The van der Waals surface area contributed by atoms with E-state index in [4.69, 9.17) is 5.73 Å². The van der Waals surface area contributed by atoms with E-state index in [-0.39, 0.29) is 11.8 Å². The number of amides is 1. The predicted octanol–water partition coefficient (Wildman–Crippen LogP) is 2.48. The topological polar surface area (TPSA) is 46.3 Å². The zero-order valence-corrected chi connectivity index (χ0v) is 10.6. The van der Waals surface area contributed by atoms with Crippen LogP contribution in [0.3, 0.4) is 0 Å². The van der Waals surface area contributed by atoms with Gasteiger partial charge in [0.1, 0.15) is 0 Å². The quantitative estimate of drug-likeness (QED) is 0.892. The standard InChI is InChI=1S/C16H16N2O/c17-16(19)13-10-12-6-4-5-9-15(12)18(11-13)14-7-2-1-3-8-14/h1-9,13H,10-11H2,(H2,17,19). The number of para-hydroxylation sites is 2. The third-order valence-corrected chi connectivity index (χ3v) is 3.62. The van der Waals surface area contributed by atoms with E-state index >= 15 is 0 Å². The minimum absolute atomic E-state index is 0.130. The Morgan fingerprint density at radius 2 is 1.74 bits per heavy atom. The zero-order valence-electron chi connectivity index (χ0n) is 10.6. The van der Waals surface area contributed by atoms with E-state index in [1.165, 1.54) is 11.3 Å². The van der Waals surface area contributed by atoms with Crippen LogP contribution in [0.15, 0.2) is 54.6 Å². The molecular weight excluding hydrogens is 236 g/mol. The molecule has 19 heavy (non-hydrogen) atoms. The maximum Gasteiger partial charge on any atom is 0.222 e. The fraction of sp³-hybridized carbons (Fsp3) is 0.188. The van der Waals surface area contributed by atoms with Gasteiger partial charge >= 0.3 is 0 Å². The summed E-state index contributed by atoms with van der Waals surface area (Å²) in [6.45, 7) is 0.649. The Morgan fingerprint density at radius 1 is 1.05 bits per heavy atom. The van der Waals surface area contributed by atoms with Gasteiger partial charge in [0.05, 0.1) is 5.92 Å². The molecular formula is C16H16N2O. The number of rotatable bonds is 2. The third kappa shape index (κ3) is 2.19. The van der Waals surface area contributed by atoms with Crippen molar-refractivity contribution in [2.45, 2.75) is 6.42 Å². The van der Waals surface area contributed by atoms with Crippen LogP contribution >= 0.6 is 0 Å². The summed E-state index contributed by atoms with van der Waals surface area (Å²) in [6.07, 6.45) is 0.731. The van der Waals surface area contributed by atoms with Gasteiger partial charge in [-0.2, -0.15) is 0 Å². The van der Waals surface area contributed by atoms with Crippen LogP contribution in [0.4, 0.5) is 11.4 Å². The van der Waals surface area contributed by atoms with Crippen molar-refractivity contribution in [1.29, 1.82) is 0 Å². The van der Waals surface area contributed by atoms with E-state index in [1.807, 2.05) is 30.3 Å². The smallest absolute Gasteiger partial charge is 0.222 e. The van der Waals surface area contributed by atoms with Crippen LogP contribution in [0.1, 0.15) is 5.56 Å². The summed E-state index contributed by atoms with van der Waals surface area (Å²) in [5, 5.41) is 0. The molecule has 0 radical (unpaired) electrons. The summed E-state index contributed by atoms with van der Waals surface area (Å²) >= 11 is 0. The molecule has 2 aromatic carbocycles. The summed E-state index contributed by atoms with van der Waals surface area (Å²) in [7, 11) is 0. The minimum atomic E-state index is -0.226. The monoisotopic (exact) mass is 252 g/mol. The van der Waals surface area contributed by atoms with Crippen LogP contribution in [-0.4, -0.2) is 12.5 Å². The van der Waals surface area contributed by atoms with Gasteiger partial charge in [0, 0.05) is 17.9 Å². The zero-order chi connectivity index (χ0) is 13.2. The first kappa shape index (κ1) is 11.8. The molecule has 1 amide bonds. The van der Waals surface area contributed by atoms with Gasteiger partial charge in [0.15, 0.2) is 0 Å². The number of nitrogens with two attached hydrogens (primary N) is 1. The average molecular weight is 252 g/mol. The highest BCUT2D eigenvalue weighted by atomic mass is 16.1. The number of benzene rings is 2. The normalized spacial score (nSPS) is 17.9. The Bertz CT molecular complexity index is 595. The number of carbonyl (C=O) groups is 1. The SMILES string of the molecule is NC(=O)C1Cc2ccccc2N(c2ccccc2)C1. The van der Waals surface area contributed by atoms with Crippen molar-refractivity contribution in [3.8, 4) is 0 Å². The second-order valence-electron chi connectivity index (χ2n) is 4.88. The molecule has 96 valence electrons. The first-order valence-electron chi connectivity index (χ1n) is 6.45. The second-order valence-corrected chi connectivity index (χ2v) is 4.88. The van der Waals surface area contributed by atoms with Gasteiger partial charge in [-0.1, -0.05) is 36.4 Å². The van der Waals surface area contributed by atoms with E-state index in [2.05, 4.69) is 29.2 Å². The summed E-state index contributed by atoms with van der Waals surface area (Å²) in [4.78, 5) is 13.7. The first-order valence-corrected chi connectivity index (χ1v) is 6.45. The minimum Gasteiger partial charge on any atom is -0.369 e. The molecule has 1 aliphatic heterocycles. The van der Waals surface area contributed by atoms with Crippen LogP contribution < -0.4 is 10.6 Å². The molecule has 0 spiro atoms. The number of anilines is 2. The summed E-state index contributed by atoms with van der Waals surface area (Å²) in [5.41, 5.74) is 8.95. The molecule has 0 fully saturated rings. The molecule has 3 heteroatoms. The lowest BCUT2D eigenvalue weighted by atomic mass is 9.91. The number of primary amides is 1. The van der Waals surface area contributed by atoms with Crippen molar-refractivity contribution in [2.24, 2.45) is 11.7 Å². The Labute approximate surface area is 112 Å². The molecule has 2 N–H and O–H groups in total. The summed E-state index contributed by atoms with van der Waals surface area (Å²) in [5.74, 6) is -0.356. The van der Waals surface area contributed by atoms with E-state index < -0.39 is 0 Å².